The van der Waals surface area contributed by atoms with Crippen molar-refractivity contribution in [3.05, 3.63) is 164 Å². The van der Waals surface area contributed by atoms with Crippen molar-refractivity contribution in [3.8, 4) is 23.0 Å². The Morgan fingerprint density at radius 2 is 0.656 bits per heavy atom. The van der Waals surface area contributed by atoms with Crippen LogP contribution in [0.3, 0.4) is 0 Å². The van der Waals surface area contributed by atoms with Crippen LogP contribution >= 0.6 is 0 Å². The lowest BCUT2D eigenvalue weighted by molar-refractivity contribution is -0.140. The summed E-state index contributed by atoms with van der Waals surface area (Å²) in [5.41, 5.74) is 12.2. The molecule has 4 aromatic rings. The van der Waals surface area contributed by atoms with Crippen LogP contribution < -0.4 is 18.9 Å². The number of hydrogen-bond acceptors (Lipinski definition) is 14. The standard InChI is InChI=1S/C79H110O14/c1-13-19-23-27-31-60-35-36-71(86-39-44-91-77(82)57(7)8)65(47-60)54-66-50-62(33-29-25-21-15-3)51-69(75(66)89-41-40-87-73(81)38-37-72(80)85-18-6)56-70-53-63(34-30-26-22-16-4)52-68(76(70)90-43-46-93-79(84)59(11)12)55-67-49-61(32-28-24-20-14-2)48-64(17-5)74(67)88-42-45-92-78(83)58(9)10/h35-38,47-53H,7,9,11,13-34,39-46,54-56H2,1-6,8,10,12H3/b38-37-. The molecule has 0 amide bonds. The first-order chi connectivity index (χ1) is 44.9. The molecule has 0 aliphatic rings. The maximum absolute atomic E-state index is 13.0. The zero-order chi connectivity index (χ0) is 67.8. The van der Waals surface area contributed by atoms with Gasteiger partial charge in [0.25, 0.3) is 0 Å². The predicted octanol–water partition coefficient (Wildman–Crippen LogP) is 17.0. The molecule has 0 radical (unpaired) electrons. The summed E-state index contributed by atoms with van der Waals surface area (Å²) in [5.74, 6) is -0.172. The Hall–Kier alpha value is -7.61. The molecule has 4 rings (SSSR count). The molecule has 0 saturated heterocycles. The number of unbranched alkanes of at least 4 members (excludes halogenated alkanes) is 12. The van der Waals surface area contributed by atoms with Crippen LogP contribution in [0.2, 0.25) is 0 Å². The first-order valence-electron chi connectivity index (χ1n) is 34.5. The largest absolute Gasteiger partial charge is 0.490 e. The molecule has 93 heavy (non-hydrogen) atoms. The number of hydrogen-bond donors (Lipinski definition) is 0. The number of ether oxygens (including phenoxy) is 9. The van der Waals surface area contributed by atoms with Gasteiger partial charge >= 0.3 is 29.8 Å². The molecule has 0 aromatic heterocycles. The molecule has 0 saturated carbocycles. The van der Waals surface area contributed by atoms with E-state index in [0.717, 1.165) is 196 Å². The van der Waals surface area contributed by atoms with E-state index >= 15 is 0 Å². The fraction of sp³-hybridized carbons (Fsp3) is 0.532. The molecule has 0 spiro atoms. The molecule has 0 bridgehead atoms. The molecule has 0 atom stereocenters. The van der Waals surface area contributed by atoms with Gasteiger partial charge < -0.3 is 42.6 Å². The van der Waals surface area contributed by atoms with Gasteiger partial charge in [-0.1, -0.05) is 180 Å². The van der Waals surface area contributed by atoms with Crippen molar-refractivity contribution in [2.24, 2.45) is 0 Å². The zero-order valence-electron chi connectivity index (χ0n) is 58.0. The summed E-state index contributed by atoms with van der Waals surface area (Å²) in [6.45, 7) is 29.2. The third kappa shape index (κ3) is 29.5. The molecule has 0 fully saturated rings. The van der Waals surface area contributed by atoms with E-state index in [1.807, 2.05) is 6.07 Å². The average molecular weight is 1280 g/mol. The Kier molecular flexibility index (Phi) is 37.5. The van der Waals surface area contributed by atoms with Crippen LogP contribution in [0.25, 0.3) is 0 Å². The van der Waals surface area contributed by atoms with E-state index in [1.165, 1.54) is 11.1 Å². The second-order valence-corrected chi connectivity index (χ2v) is 24.2. The summed E-state index contributed by atoms with van der Waals surface area (Å²) in [5, 5.41) is 0. The van der Waals surface area contributed by atoms with E-state index in [1.54, 1.807) is 27.7 Å². The van der Waals surface area contributed by atoms with E-state index < -0.39 is 29.8 Å². The number of benzene rings is 4. The molecule has 0 heterocycles. The van der Waals surface area contributed by atoms with Gasteiger partial charge in [0.1, 0.15) is 75.9 Å². The van der Waals surface area contributed by atoms with Gasteiger partial charge in [-0.2, -0.15) is 0 Å². The van der Waals surface area contributed by atoms with Crippen LogP contribution in [0.4, 0.5) is 0 Å². The normalized spacial score (nSPS) is 11.1. The maximum atomic E-state index is 13.0. The summed E-state index contributed by atoms with van der Waals surface area (Å²) in [6, 6.07) is 19.8. The Morgan fingerprint density at radius 1 is 0.344 bits per heavy atom. The van der Waals surface area contributed by atoms with Crippen LogP contribution in [0.15, 0.2) is 103 Å². The van der Waals surface area contributed by atoms with Crippen molar-refractivity contribution in [1.82, 2.24) is 0 Å². The van der Waals surface area contributed by atoms with Crippen molar-refractivity contribution < 1.29 is 66.6 Å². The summed E-state index contributed by atoms with van der Waals surface area (Å²) < 4.78 is 54.5. The van der Waals surface area contributed by atoms with E-state index in [9.17, 15) is 24.0 Å². The molecule has 0 aliphatic carbocycles. The molecule has 510 valence electrons. The fourth-order valence-corrected chi connectivity index (χ4v) is 11.0. The number of aryl methyl sites for hydroxylation is 5. The van der Waals surface area contributed by atoms with Crippen molar-refractivity contribution in [3.63, 3.8) is 0 Å². The van der Waals surface area contributed by atoms with Gasteiger partial charge in [-0.05, 0) is 153 Å². The van der Waals surface area contributed by atoms with Gasteiger partial charge in [0, 0.05) is 48.1 Å². The van der Waals surface area contributed by atoms with Gasteiger partial charge in [0.2, 0.25) is 0 Å². The monoisotopic (exact) mass is 1280 g/mol. The average Bonchev–Trinajstić information content (AvgIpc) is 0.842. The highest BCUT2D eigenvalue weighted by Crippen LogP contribution is 2.39. The van der Waals surface area contributed by atoms with E-state index in [2.05, 4.69) is 103 Å². The van der Waals surface area contributed by atoms with E-state index in [-0.39, 0.29) is 65.0 Å². The smallest absolute Gasteiger partial charge is 0.333 e. The number of rotatable bonds is 49. The van der Waals surface area contributed by atoms with Crippen LogP contribution in [-0.4, -0.2) is 89.3 Å². The van der Waals surface area contributed by atoms with E-state index in [0.29, 0.717) is 54.1 Å². The lowest BCUT2D eigenvalue weighted by Crippen LogP contribution is -2.16. The Morgan fingerprint density at radius 3 is 1.01 bits per heavy atom. The highest BCUT2D eigenvalue weighted by molar-refractivity contribution is 5.91. The summed E-state index contributed by atoms with van der Waals surface area (Å²) >= 11 is 0. The minimum absolute atomic E-state index is 0.0202. The molecule has 0 N–H and O–H groups in total. The van der Waals surface area contributed by atoms with Crippen molar-refractivity contribution >= 4 is 29.8 Å². The topological polar surface area (TPSA) is 168 Å². The van der Waals surface area contributed by atoms with Gasteiger partial charge in [0.05, 0.1) is 6.61 Å². The van der Waals surface area contributed by atoms with Crippen LogP contribution in [0.1, 0.15) is 226 Å². The first-order valence-corrected chi connectivity index (χ1v) is 34.5. The molecule has 14 nitrogen and oxygen atoms in total. The lowest BCUT2D eigenvalue weighted by atomic mass is 9.89. The molecular weight excluding hydrogens is 1170 g/mol. The molecule has 0 unspecified atom stereocenters. The second kappa shape index (κ2) is 44.8. The Balaban J connectivity index is 2.09. The zero-order valence-corrected chi connectivity index (χ0v) is 58.0. The summed E-state index contributed by atoms with van der Waals surface area (Å²) in [7, 11) is 0. The van der Waals surface area contributed by atoms with Gasteiger partial charge in [-0.25, -0.2) is 24.0 Å². The predicted molar refractivity (Wildman–Crippen MR) is 371 cm³/mol. The van der Waals surface area contributed by atoms with Crippen LogP contribution in [-0.2, 0) is 99.0 Å². The molecule has 0 aliphatic heterocycles. The maximum Gasteiger partial charge on any atom is 0.333 e. The van der Waals surface area contributed by atoms with Crippen LogP contribution in [0, 0.1) is 0 Å². The summed E-state index contributed by atoms with van der Waals surface area (Å²) in [4.78, 5) is 63.0. The minimum Gasteiger partial charge on any atom is -0.490 e. The lowest BCUT2D eigenvalue weighted by Gasteiger charge is -2.23. The second-order valence-electron chi connectivity index (χ2n) is 24.2. The molecule has 4 aromatic carbocycles. The highest BCUT2D eigenvalue weighted by atomic mass is 16.6. The van der Waals surface area contributed by atoms with Gasteiger partial charge in [0.15, 0.2) is 0 Å². The Labute approximate surface area is 557 Å². The number of esters is 5. The quantitative estimate of drug-likeness (QED) is 0.0177. The molecule has 14 heteroatoms. The Bertz CT molecular complexity index is 3060. The van der Waals surface area contributed by atoms with Gasteiger partial charge in [-0.3, -0.25) is 0 Å². The van der Waals surface area contributed by atoms with Crippen molar-refractivity contribution in [1.29, 1.82) is 0 Å². The third-order valence-corrected chi connectivity index (χ3v) is 15.8. The van der Waals surface area contributed by atoms with Crippen molar-refractivity contribution in [2.75, 3.05) is 59.5 Å². The molecular formula is C79H110O14. The summed E-state index contributed by atoms with van der Waals surface area (Å²) in [6.07, 6.45) is 24.8. The first kappa shape index (κ1) is 77.8. The minimum atomic E-state index is -0.715. The number of carbonyl (C=O) groups excluding carboxylic acids is 5. The fourth-order valence-electron chi connectivity index (χ4n) is 11.0. The SMILES string of the molecule is C=C(C)C(=O)OCCOc1ccc(CCCCCC)cc1Cc1cc(CCCCCC)cc(Cc2cc(CCCCCC)cc(Cc3cc(CCCCCC)cc(CC)c3OCCOC(=O)C(=C)C)c2OCCOC(=O)C(=C)C)c1OCCOC(=O)/C=C\C(=O)OCC. The van der Waals surface area contributed by atoms with E-state index in [4.69, 9.17) is 42.6 Å². The van der Waals surface area contributed by atoms with Gasteiger partial charge in [-0.15, -0.1) is 0 Å². The van der Waals surface area contributed by atoms with Crippen LogP contribution in [0.5, 0.6) is 23.0 Å². The number of carbonyl (C=O) groups is 5. The highest BCUT2D eigenvalue weighted by Gasteiger charge is 2.23. The third-order valence-electron chi connectivity index (χ3n) is 15.8. The van der Waals surface area contributed by atoms with Crippen molar-refractivity contribution in [2.45, 2.75) is 216 Å².